The maximum Gasteiger partial charge on any atom is 0.271 e. The first-order valence-electron chi connectivity index (χ1n) is 11.0. The summed E-state index contributed by atoms with van der Waals surface area (Å²) >= 11 is 0. The van der Waals surface area contributed by atoms with Gasteiger partial charge < -0.3 is 10.2 Å². The first-order valence-corrected chi connectivity index (χ1v) is 11.0. The van der Waals surface area contributed by atoms with Crippen molar-refractivity contribution >= 4 is 11.8 Å². The number of aryl methyl sites for hydroxylation is 1. The lowest BCUT2D eigenvalue weighted by atomic mass is 9.89. The normalized spacial score (nSPS) is 22.1. The average molecular weight is 407 g/mol. The Morgan fingerprint density at radius 2 is 1.80 bits per heavy atom. The van der Waals surface area contributed by atoms with Crippen LogP contribution >= 0.6 is 0 Å². The largest absolute Gasteiger partial charge is 0.347 e. The highest BCUT2D eigenvalue weighted by Crippen LogP contribution is 2.30. The minimum absolute atomic E-state index is 0.116. The number of nitrogens with one attached hydrogen (secondary N) is 1. The van der Waals surface area contributed by atoms with Crippen molar-refractivity contribution in [2.75, 3.05) is 13.1 Å². The SMILES string of the molecule is Cc1cnc(C(=O)N[C@@H]2CCC[C@@H]2C(=O)N2CCC(Cc3ccccc3)CC2)cn1. The molecular weight excluding hydrogens is 376 g/mol. The molecule has 1 aromatic carbocycles. The summed E-state index contributed by atoms with van der Waals surface area (Å²) in [6.45, 7) is 3.47. The molecule has 0 unspecified atom stereocenters. The summed E-state index contributed by atoms with van der Waals surface area (Å²) in [6.07, 6.45) is 8.90. The molecule has 1 aliphatic heterocycles. The van der Waals surface area contributed by atoms with E-state index in [2.05, 4.69) is 39.6 Å². The monoisotopic (exact) mass is 406 g/mol. The van der Waals surface area contributed by atoms with Gasteiger partial charge in [-0.3, -0.25) is 14.6 Å². The van der Waals surface area contributed by atoms with Gasteiger partial charge >= 0.3 is 0 Å². The van der Waals surface area contributed by atoms with Gasteiger partial charge in [0.2, 0.25) is 5.91 Å². The third-order valence-corrected chi connectivity index (χ3v) is 6.46. The van der Waals surface area contributed by atoms with Gasteiger partial charge in [-0.25, -0.2) is 4.98 Å². The number of likely N-dealkylation sites (tertiary alicyclic amines) is 1. The lowest BCUT2D eigenvalue weighted by Gasteiger charge is -2.35. The summed E-state index contributed by atoms with van der Waals surface area (Å²) in [5.74, 6) is 0.466. The van der Waals surface area contributed by atoms with Crippen LogP contribution in [0.4, 0.5) is 0 Å². The van der Waals surface area contributed by atoms with Crippen molar-refractivity contribution in [3.05, 3.63) is 59.7 Å². The highest BCUT2D eigenvalue weighted by atomic mass is 16.2. The molecule has 1 N–H and O–H groups in total. The predicted octanol–water partition coefficient (Wildman–Crippen LogP) is 3.16. The third kappa shape index (κ3) is 4.86. The summed E-state index contributed by atoms with van der Waals surface area (Å²) in [4.78, 5) is 36.0. The van der Waals surface area contributed by atoms with Gasteiger partial charge in [-0.2, -0.15) is 0 Å². The molecule has 1 saturated carbocycles. The zero-order valence-electron chi connectivity index (χ0n) is 17.6. The van der Waals surface area contributed by atoms with Gasteiger partial charge in [0, 0.05) is 25.3 Å². The van der Waals surface area contributed by atoms with Crippen LogP contribution in [0.2, 0.25) is 0 Å². The van der Waals surface area contributed by atoms with E-state index in [0.29, 0.717) is 11.6 Å². The number of aromatic nitrogens is 2. The smallest absolute Gasteiger partial charge is 0.271 e. The zero-order valence-corrected chi connectivity index (χ0v) is 17.6. The highest BCUT2D eigenvalue weighted by molar-refractivity contribution is 5.92. The van der Waals surface area contributed by atoms with E-state index in [-0.39, 0.29) is 23.8 Å². The van der Waals surface area contributed by atoms with Crippen LogP contribution in [0.15, 0.2) is 42.7 Å². The summed E-state index contributed by atoms with van der Waals surface area (Å²) in [5, 5.41) is 3.04. The molecule has 0 bridgehead atoms. The van der Waals surface area contributed by atoms with E-state index in [4.69, 9.17) is 0 Å². The maximum atomic E-state index is 13.2. The molecule has 0 spiro atoms. The standard InChI is InChI=1S/C24H30N4O2/c1-17-15-26-22(16-25-17)23(29)27-21-9-5-8-20(21)24(30)28-12-10-19(11-13-28)14-18-6-3-2-4-7-18/h2-4,6-7,15-16,19-21H,5,8-14H2,1H3,(H,27,29)/t20-,21+/m0/s1. The number of benzene rings is 1. The Labute approximate surface area is 178 Å². The van der Waals surface area contributed by atoms with Crippen LogP contribution in [0, 0.1) is 18.8 Å². The van der Waals surface area contributed by atoms with Crippen molar-refractivity contribution < 1.29 is 9.59 Å². The van der Waals surface area contributed by atoms with E-state index >= 15 is 0 Å². The molecule has 158 valence electrons. The Bertz CT molecular complexity index is 861. The first kappa shape index (κ1) is 20.5. The Hall–Kier alpha value is -2.76. The molecule has 6 nitrogen and oxygen atoms in total. The van der Waals surface area contributed by atoms with Crippen LogP contribution in [0.3, 0.4) is 0 Å². The van der Waals surface area contributed by atoms with E-state index in [9.17, 15) is 9.59 Å². The topological polar surface area (TPSA) is 75.2 Å². The molecule has 2 aromatic rings. The molecule has 0 radical (unpaired) electrons. The van der Waals surface area contributed by atoms with Crippen molar-refractivity contribution in [2.24, 2.45) is 11.8 Å². The Kier molecular flexibility index (Phi) is 6.41. The van der Waals surface area contributed by atoms with Crippen molar-refractivity contribution in [2.45, 2.75) is 51.5 Å². The Balaban J connectivity index is 1.30. The fourth-order valence-corrected chi connectivity index (χ4v) is 4.72. The first-order chi connectivity index (χ1) is 14.6. The molecule has 1 aromatic heterocycles. The fraction of sp³-hybridized carbons (Fsp3) is 0.500. The number of nitrogens with zero attached hydrogens (tertiary/aromatic N) is 3. The molecular formula is C24H30N4O2. The van der Waals surface area contributed by atoms with E-state index in [1.165, 1.54) is 11.8 Å². The maximum absolute atomic E-state index is 13.2. The van der Waals surface area contributed by atoms with Gasteiger partial charge in [0.15, 0.2) is 0 Å². The number of piperidine rings is 1. The zero-order chi connectivity index (χ0) is 20.9. The number of amides is 2. The minimum Gasteiger partial charge on any atom is -0.347 e. The molecule has 2 atom stereocenters. The van der Waals surface area contributed by atoms with Gasteiger partial charge in [-0.1, -0.05) is 36.8 Å². The van der Waals surface area contributed by atoms with Crippen LogP contribution in [0.25, 0.3) is 0 Å². The lowest BCUT2D eigenvalue weighted by molar-refractivity contribution is -0.137. The molecule has 1 saturated heterocycles. The van der Waals surface area contributed by atoms with Crippen LogP contribution < -0.4 is 5.32 Å². The van der Waals surface area contributed by atoms with Crippen LogP contribution in [-0.4, -0.2) is 45.8 Å². The quantitative estimate of drug-likeness (QED) is 0.828. The lowest BCUT2D eigenvalue weighted by Crippen LogP contribution is -2.48. The molecule has 2 amide bonds. The number of hydrogen-bond acceptors (Lipinski definition) is 4. The second-order valence-electron chi connectivity index (χ2n) is 8.62. The second kappa shape index (κ2) is 9.37. The number of carbonyl (C=O) groups excluding carboxylic acids is 2. The third-order valence-electron chi connectivity index (χ3n) is 6.46. The fourth-order valence-electron chi connectivity index (χ4n) is 4.72. The Morgan fingerprint density at radius 3 is 2.50 bits per heavy atom. The molecule has 2 fully saturated rings. The summed E-state index contributed by atoms with van der Waals surface area (Å²) in [6, 6.07) is 10.5. The van der Waals surface area contributed by atoms with E-state index in [0.717, 1.165) is 57.3 Å². The summed E-state index contributed by atoms with van der Waals surface area (Å²) in [7, 11) is 0. The molecule has 2 aliphatic rings. The van der Waals surface area contributed by atoms with Gasteiger partial charge in [-0.05, 0) is 50.5 Å². The van der Waals surface area contributed by atoms with Crippen molar-refractivity contribution in [3.8, 4) is 0 Å². The van der Waals surface area contributed by atoms with Crippen molar-refractivity contribution in [1.82, 2.24) is 20.2 Å². The van der Waals surface area contributed by atoms with E-state index < -0.39 is 0 Å². The molecule has 6 heteroatoms. The van der Waals surface area contributed by atoms with Gasteiger partial charge in [0.05, 0.1) is 17.8 Å². The minimum atomic E-state index is -0.242. The van der Waals surface area contributed by atoms with Gasteiger partial charge in [0.25, 0.3) is 5.91 Å². The van der Waals surface area contributed by atoms with Crippen molar-refractivity contribution in [1.29, 1.82) is 0 Å². The number of hydrogen-bond donors (Lipinski definition) is 1. The molecule has 30 heavy (non-hydrogen) atoms. The molecule has 4 rings (SSSR count). The van der Waals surface area contributed by atoms with Gasteiger partial charge in [-0.15, -0.1) is 0 Å². The van der Waals surface area contributed by atoms with Gasteiger partial charge in [0.1, 0.15) is 5.69 Å². The van der Waals surface area contributed by atoms with Crippen LogP contribution in [0.1, 0.15) is 53.8 Å². The van der Waals surface area contributed by atoms with E-state index in [1.807, 2.05) is 17.9 Å². The summed E-state index contributed by atoms with van der Waals surface area (Å²) in [5.41, 5.74) is 2.46. The number of carbonyl (C=O) groups is 2. The van der Waals surface area contributed by atoms with Crippen LogP contribution in [-0.2, 0) is 11.2 Å². The number of rotatable bonds is 5. The molecule has 2 heterocycles. The molecule has 1 aliphatic carbocycles. The van der Waals surface area contributed by atoms with Crippen molar-refractivity contribution in [3.63, 3.8) is 0 Å². The van der Waals surface area contributed by atoms with Crippen LogP contribution in [0.5, 0.6) is 0 Å². The highest BCUT2D eigenvalue weighted by Gasteiger charge is 2.37. The average Bonchev–Trinajstić information content (AvgIpc) is 3.23. The second-order valence-corrected chi connectivity index (χ2v) is 8.62. The van der Waals surface area contributed by atoms with E-state index in [1.54, 1.807) is 6.20 Å². The predicted molar refractivity (Wildman–Crippen MR) is 115 cm³/mol. The Morgan fingerprint density at radius 1 is 1.03 bits per heavy atom. The summed E-state index contributed by atoms with van der Waals surface area (Å²) < 4.78 is 0.